The number of anilines is 1. The summed E-state index contributed by atoms with van der Waals surface area (Å²) in [5.41, 5.74) is 5.94. The lowest BCUT2D eigenvalue weighted by atomic mass is 9.45. The minimum atomic E-state index is -0.869. The highest BCUT2D eigenvalue weighted by molar-refractivity contribution is 6.05. The molecule has 9 atom stereocenters. The highest BCUT2D eigenvalue weighted by Gasteiger charge is 2.60. The number of aliphatic hydroxyl groups is 2. The zero-order chi connectivity index (χ0) is 38.8. The number of aliphatic imine (C=N–C) groups is 4. The maximum absolute atomic E-state index is 13.7. The summed E-state index contributed by atoms with van der Waals surface area (Å²) in [6, 6.07) is -2.63. The summed E-state index contributed by atoms with van der Waals surface area (Å²) in [7, 11) is 0. The smallest absolute Gasteiger partial charge is 0.341 e. The molecule has 17 nitrogen and oxygen atoms in total. The second-order valence-electron chi connectivity index (χ2n) is 15.1. The van der Waals surface area contributed by atoms with Gasteiger partial charge in [-0.25, -0.2) is 34.7 Å². The Bertz CT molecular complexity index is 1860. The van der Waals surface area contributed by atoms with E-state index in [0.29, 0.717) is 49.9 Å². The molecule has 0 bridgehead atoms. The number of carbonyl (C=O) groups is 3. The molecule has 0 spiro atoms. The maximum atomic E-state index is 13.7. The van der Waals surface area contributed by atoms with Gasteiger partial charge in [0.05, 0.1) is 43.5 Å². The van der Waals surface area contributed by atoms with E-state index in [2.05, 4.69) is 64.7 Å². The van der Waals surface area contributed by atoms with Crippen LogP contribution >= 0.6 is 0 Å². The van der Waals surface area contributed by atoms with E-state index in [1.54, 1.807) is 38.4 Å². The van der Waals surface area contributed by atoms with Gasteiger partial charge in [0.25, 0.3) is 0 Å². The quantitative estimate of drug-likeness (QED) is 0.121. The first kappa shape index (κ1) is 38.7. The minimum absolute atomic E-state index is 0.106. The summed E-state index contributed by atoms with van der Waals surface area (Å²) in [4.78, 5) is 64.8. The van der Waals surface area contributed by atoms with Gasteiger partial charge in [0.2, 0.25) is 29.7 Å². The van der Waals surface area contributed by atoms with Crippen LogP contribution in [0.5, 0.6) is 0 Å². The zero-order valence-corrected chi connectivity index (χ0v) is 31.0. The van der Waals surface area contributed by atoms with Crippen LogP contribution in [0, 0.1) is 22.7 Å². The fraction of sp³-hybridized carbons (Fsp3) is 0.541. The van der Waals surface area contributed by atoms with Gasteiger partial charge in [-0.2, -0.15) is 0 Å². The van der Waals surface area contributed by atoms with Crippen molar-refractivity contribution in [1.29, 1.82) is 0 Å². The van der Waals surface area contributed by atoms with Gasteiger partial charge in [0.1, 0.15) is 5.76 Å². The first-order chi connectivity index (χ1) is 25.7. The molecule has 5 aliphatic rings. The Kier molecular flexibility index (Phi) is 11.3. The summed E-state index contributed by atoms with van der Waals surface area (Å²) < 4.78 is 5.70. The van der Waals surface area contributed by atoms with Crippen LogP contribution in [0.4, 0.5) is 5.95 Å². The number of aromatic nitrogens is 2. The number of ether oxygens (including phenoxy) is 1. The van der Waals surface area contributed by atoms with Crippen molar-refractivity contribution in [1.82, 2.24) is 31.2 Å². The van der Waals surface area contributed by atoms with Crippen LogP contribution in [0.15, 0.2) is 61.9 Å². The standard InChI is InChI=1S/C37H49N11O6/c1-19-25(36(4)7-6-29(50)37(5,18-49)28(36)15-26(19)45-20(2)30(51)47-34-39-8-9-40-34)14-27(46-21(3)31(52)48-35-41-10-11-42-35)24-13-23(54-32(24)53)12-22-16-43-33(38)44-17-22/h8,10,12-13,16-17,20-21,25-29,45-46,49-50H,1,6-7,9,11,14-15,18H2,2-5H3,(H2,38,43,44)(H,40,47,51)(H,42,48,52)/b23-12+/t20?,21?,25?,26?,27?,28?,29-,36-,37+/m1/s1. The largest absolute Gasteiger partial charge is 0.423 e. The number of carbonyl (C=O) groups excluding carboxylic acids is 3. The summed E-state index contributed by atoms with van der Waals surface area (Å²) in [5.74, 6) is -1.03. The Morgan fingerprint density at radius 1 is 1.07 bits per heavy atom. The van der Waals surface area contributed by atoms with E-state index >= 15 is 0 Å². The van der Waals surface area contributed by atoms with E-state index < -0.39 is 53.0 Å². The van der Waals surface area contributed by atoms with Gasteiger partial charge in [-0.1, -0.05) is 26.0 Å². The van der Waals surface area contributed by atoms with Crippen molar-refractivity contribution < 1.29 is 29.3 Å². The monoisotopic (exact) mass is 743 g/mol. The van der Waals surface area contributed by atoms with Crippen molar-refractivity contribution in [2.24, 2.45) is 42.6 Å². The Hall–Kier alpha value is -4.97. The number of nitrogens with two attached hydrogens (primary N) is 1. The molecular weight excluding hydrogens is 694 g/mol. The molecule has 54 heavy (non-hydrogen) atoms. The normalized spacial score (nSPS) is 31.3. The number of nitrogens with zero attached hydrogens (tertiary/aromatic N) is 6. The van der Waals surface area contributed by atoms with E-state index in [9.17, 15) is 24.6 Å². The van der Waals surface area contributed by atoms with Gasteiger partial charge in [-0.15, -0.1) is 0 Å². The molecule has 2 aliphatic carbocycles. The number of allylic oxidation sites excluding steroid dienone is 1. The first-order valence-corrected chi connectivity index (χ1v) is 18.2. The average molecular weight is 744 g/mol. The molecule has 2 saturated carbocycles. The number of aliphatic hydroxyl groups excluding tert-OH is 2. The number of nitrogens with one attached hydrogen (secondary N) is 4. The lowest BCUT2D eigenvalue weighted by Crippen LogP contribution is -2.63. The molecule has 0 radical (unpaired) electrons. The summed E-state index contributed by atoms with van der Waals surface area (Å²) >= 11 is 0. The molecule has 6 rings (SSSR count). The van der Waals surface area contributed by atoms with Crippen molar-refractivity contribution in [3.05, 3.63) is 47.5 Å². The van der Waals surface area contributed by atoms with E-state index in [-0.39, 0.29) is 48.0 Å². The lowest BCUT2D eigenvalue weighted by Gasteiger charge is -2.62. The number of esters is 1. The highest BCUT2D eigenvalue weighted by Crippen LogP contribution is 2.62. The summed E-state index contributed by atoms with van der Waals surface area (Å²) in [5, 5.41) is 34.5. The van der Waals surface area contributed by atoms with Crippen LogP contribution in [0.1, 0.15) is 58.9 Å². The number of guanidine groups is 2. The van der Waals surface area contributed by atoms with E-state index in [0.717, 1.165) is 5.57 Å². The number of amides is 2. The molecule has 2 fully saturated rings. The second-order valence-corrected chi connectivity index (χ2v) is 15.1. The average Bonchev–Trinajstić information content (AvgIpc) is 3.93. The molecule has 0 saturated heterocycles. The van der Waals surface area contributed by atoms with Crippen LogP contribution in [0.25, 0.3) is 6.08 Å². The minimum Gasteiger partial charge on any atom is -0.423 e. The van der Waals surface area contributed by atoms with Crippen LogP contribution < -0.4 is 27.0 Å². The van der Waals surface area contributed by atoms with Crippen LogP contribution in [0.2, 0.25) is 0 Å². The Labute approximate surface area is 313 Å². The number of rotatable bonds is 11. The molecule has 288 valence electrons. The van der Waals surface area contributed by atoms with Crippen molar-refractivity contribution in [3.63, 3.8) is 0 Å². The Balaban J connectivity index is 1.34. The molecule has 0 aromatic carbocycles. The van der Waals surface area contributed by atoms with Crippen molar-refractivity contribution >= 4 is 54.2 Å². The van der Waals surface area contributed by atoms with E-state index in [1.165, 1.54) is 12.4 Å². The third kappa shape index (κ3) is 7.94. The fourth-order valence-electron chi connectivity index (χ4n) is 8.51. The molecule has 1 aromatic heterocycles. The Morgan fingerprint density at radius 2 is 1.70 bits per heavy atom. The topological polar surface area (TPSA) is 250 Å². The molecule has 3 aliphatic heterocycles. The molecule has 2 amide bonds. The zero-order valence-electron chi connectivity index (χ0n) is 31.0. The van der Waals surface area contributed by atoms with E-state index in [1.807, 2.05) is 6.92 Å². The molecule has 6 unspecified atom stereocenters. The second kappa shape index (κ2) is 15.8. The van der Waals surface area contributed by atoms with Crippen LogP contribution in [-0.2, 0) is 19.1 Å². The SMILES string of the molecule is C=C1C(NC(C)C(=O)NC2=NCC=N2)CC2[C@](C)(CC[C@@H](O)[C@@]2(C)CO)C1CC(NC(C)C(=O)NC1=NCC=N1)C1=C/C(=C\c2cnc(N)nc2)OC1=O. The van der Waals surface area contributed by atoms with Gasteiger partial charge in [0.15, 0.2) is 0 Å². The third-order valence-corrected chi connectivity index (χ3v) is 11.6. The summed E-state index contributed by atoms with van der Waals surface area (Å²) in [6.45, 7) is 12.6. The van der Waals surface area contributed by atoms with Gasteiger partial charge < -0.3 is 20.7 Å². The predicted molar refractivity (Wildman–Crippen MR) is 203 cm³/mol. The van der Waals surface area contributed by atoms with Crippen LogP contribution in [-0.4, -0.2) is 112 Å². The van der Waals surface area contributed by atoms with Crippen molar-refractivity contribution in [3.8, 4) is 0 Å². The van der Waals surface area contributed by atoms with Gasteiger partial charge >= 0.3 is 5.97 Å². The molecule has 4 heterocycles. The van der Waals surface area contributed by atoms with Gasteiger partial charge in [0, 0.05) is 47.9 Å². The number of hydrogen-bond donors (Lipinski definition) is 7. The Morgan fingerprint density at radius 3 is 2.30 bits per heavy atom. The van der Waals surface area contributed by atoms with Crippen LogP contribution in [0.3, 0.4) is 0 Å². The van der Waals surface area contributed by atoms with Gasteiger partial charge in [-0.3, -0.25) is 30.9 Å². The molecule has 8 N–H and O–H groups in total. The highest BCUT2D eigenvalue weighted by atomic mass is 16.5. The number of fused-ring (bicyclic) bond motifs is 1. The van der Waals surface area contributed by atoms with Crippen molar-refractivity contribution in [2.75, 3.05) is 25.4 Å². The third-order valence-electron chi connectivity index (χ3n) is 11.6. The number of hydrogen-bond acceptors (Lipinski definition) is 15. The predicted octanol–water partition coefficient (Wildman–Crippen LogP) is 0.432. The summed E-state index contributed by atoms with van der Waals surface area (Å²) in [6.07, 6.45) is 10.6. The fourth-order valence-corrected chi connectivity index (χ4v) is 8.51. The number of nitrogen functional groups attached to an aromatic ring is 1. The van der Waals surface area contributed by atoms with E-state index in [4.69, 9.17) is 10.5 Å². The molecule has 1 aromatic rings. The van der Waals surface area contributed by atoms with Crippen molar-refractivity contribution in [2.45, 2.75) is 83.6 Å². The molecular formula is C37H49N11O6. The van der Waals surface area contributed by atoms with Gasteiger partial charge in [-0.05, 0) is 68.9 Å². The maximum Gasteiger partial charge on any atom is 0.341 e. The molecule has 17 heteroatoms. The lowest BCUT2D eigenvalue weighted by molar-refractivity contribution is -0.156. The first-order valence-electron chi connectivity index (χ1n) is 18.2. The number of cyclic esters (lactones) is 1.